The van der Waals surface area contributed by atoms with E-state index in [1.54, 1.807) is 12.1 Å². The summed E-state index contributed by atoms with van der Waals surface area (Å²) in [4.78, 5) is 1.97. The van der Waals surface area contributed by atoms with Crippen molar-refractivity contribution in [2.24, 2.45) is 10.9 Å². The van der Waals surface area contributed by atoms with Gasteiger partial charge in [0.15, 0.2) is 5.84 Å². The van der Waals surface area contributed by atoms with Gasteiger partial charge in [-0.1, -0.05) is 29.4 Å². The zero-order chi connectivity index (χ0) is 14.1. The lowest BCUT2D eigenvalue weighted by Gasteiger charge is -2.18. The van der Waals surface area contributed by atoms with E-state index in [1.807, 2.05) is 17.0 Å². The van der Waals surface area contributed by atoms with E-state index >= 15 is 0 Å². The number of benzene rings is 2. The van der Waals surface area contributed by atoms with Crippen LogP contribution in [0.4, 0.5) is 10.1 Å². The summed E-state index contributed by atoms with van der Waals surface area (Å²) in [5.74, 6) is -0.470. The van der Waals surface area contributed by atoms with Crippen LogP contribution in [0, 0.1) is 5.82 Å². The number of anilines is 1. The van der Waals surface area contributed by atoms with Crippen molar-refractivity contribution in [2.45, 2.75) is 13.1 Å². The Bertz CT molecular complexity index is 660. The van der Waals surface area contributed by atoms with Crippen molar-refractivity contribution in [1.29, 1.82) is 0 Å². The molecular formula is C15H14FN3O. The van der Waals surface area contributed by atoms with Gasteiger partial charge in [0.05, 0.1) is 5.69 Å². The number of amidine groups is 1. The second kappa shape index (κ2) is 4.85. The topological polar surface area (TPSA) is 61.9 Å². The second-order valence-electron chi connectivity index (χ2n) is 4.78. The standard InChI is InChI=1S/C15H14FN3O/c16-13-7-10(15(17)18-20)5-6-14(13)19-8-11-3-1-2-4-12(11)9-19/h1-7,20H,8-9H2,(H2,17,18). The Labute approximate surface area is 115 Å². The molecular weight excluding hydrogens is 257 g/mol. The summed E-state index contributed by atoms with van der Waals surface area (Å²) in [6.07, 6.45) is 0. The van der Waals surface area contributed by atoms with Gasteiger partial charge in [0, 0.05) is 18.7 Å². The largest absolute Gasteiger partial charge is 0.409 e. The van der Waals surface area contributed by atoms with E-state index in [1.165, 1.54) is 17.2 Å². The number of rotatable bonds is 2. The predicted octanol–water partition coefficient (Wildman–Crippen LogP) is 2.44. The van der Waals surface area contributed by atoms with Crippen molar-refractivity contribution in [2.75, 3.05) is 4.90 Å². The Morgan fingerprint density at radius 2 is 1.80 bits per heavy atom. The molecule has 5 heteroatoms. The highest BCUT2D eigenvalue weighted by molar-refractivity contribution is 5.97. The second-order valence-corrected chi connectivity index (χ2v) is 4.78. The number of oxime groups is 1. The van der Waals surface area contributed by atoms with Gasteiger partial charge < -0.3 is 15.8 Å². The molecule has 3 N–H and O–H groups in total. The molecule has 0 saturated heterocycles. The average molecular weight is 271 g/mol. The Morgan fingerprint density at radius 3 is 2.35 bits per heavy atom. The highest BCUT2D eigenvalue weighted by Gasteiger charge is 2.21. The van der Waals surface area contributed by atoms with E-state index in [-0.39, 0.29) is 11.7 Å². The zero-order valence-electron chi connectivity index (χ0n) is 10.8. The maximum atomic E-state index is 14.2. The number of hydrogen-bond acceptors (Lipinski definition) is 3. The molecule has 2 aromatic rings. The van der Waals surface area contributed by atoms with Crippen LogP contribution in [0.25, 0.3) is 0 Å². The molecule has 0 saturated carbocycles. The number of halogens is 1. The molecule has 1 aliphatic rings. The van der Waals surface area contributed by atoms with Crippen molar-refractivity contribution in [3.05, 3.63) is 65.0 Å². The van der Waals surface area contributed by atoms with Gasteiger partial charge in [0.2, 0.25) is 0 Å². The van der Waals surface area contributed by atoms with Crippen LogP contribution in [0.3, 0.4) is 0 Å². The molecule has 0 radical (unpaired) electrons. The third kappa shape index (κ3) is 2.07. The molecule has 0 aromatic heterocycles. The SMILES string of the molecule is NC(=NO)c1ccc(N2Cc3ccccc3C2)c(F)c1. The molecule has 0 bridgehead atoms. The first-order valence-corrected chi connectivity index (χ1v) is 6.28. The molecule has 3 rings (SSSR count). The van der Waals surface area contributed by atoms with E-state index in [0.29, 0.717) is 24.3 Å². The van der Waals surface area contributed by atoms with Crippen LogP contribution in [0.15, 0.2) is 47.6 Å². The van der Waals surface area contributed by atoms with Gasteiger partial charge in [-0.25, -0.2) is 4.39 Å². The summed E-state index contributed by atoms with van der Waals surface area (Å²) >= 11 is 0. The summed E-state index contributed by atoms with van der Waals surface area (Å²) < 4.78 is 14.2. The molecule has 0 fully saturated rings. The lowest BCUT2D eigenvalue weighted by Crippen LogP contribution is -2.18. The normalized spacial score (nSPS) is 14.4. The molecule has 2 aromatic carbocycles. The highest BCUT2D eigenvalue weighted by atomic mass is 19.1. The molecule has 0 unspecified atom stereocenters. The molecule has 20 heavy (non-hydrogen) atoms. The Balaban J connectivity index is 1.90. The number of fused-ring (bicyclic) bond motifs is 1. The third-order valence-electron chi connectivity index (χ3n) is 3.53. The lowest BCUT2D eigenvalue weighted by atomic mass is 10.1. The van der Waals surface area contributed by atoms with Crippen molar-refractivity contribution in [1.82, 2.24) is 0 Å². The molecule has 0 amide bonds. The molecule has 4 nitrogen and oxygen atoms in total. The van der Waals surface area contributed by atoms with Crippen LogP contribution in [-0.4, -0.2) is 11.0 Å². The maximum absolute atomic E-state index is 14.2. The summed E-state index contributed by atoms with van der Waals surface area (Å²) in [6, 6.07) is 12.7. The quantitative estimate of drug-likeness (QED) is 0.382. The van der Waals surface area contributed by atoms with Gasteiger partial charge in [0.25, 0.3) is 0 Å². The van der Waals surface area contributed by atoms with Crippen molar-refractivity contribution in [3.8, 4) is 0 Å². The van der Waals surface area contributed by atoms with Crippen LogP contribution >= 0.6 is 0 Å². The maximum Gasteiger partial charge on any atom is 0.170 e. The molecule has 1 heterocycles. The van der Waals surface area contributed by atoms with Crippen LogP contribution in [0.1, 0.15) is 16.7 Å². The summed E-state index contributed by atoms with van der Waals surface area (Å²) in [6.45, 7) is 1.38. The minimum Gasteiger partial charge on any atom is -0.409 e. The molecule has 1 aliphatic heterocycles. The molecule has 0 atom stereocenters. The van der Waals surface area contributed by atoms with Crippen LogP contribution < -0.4 is 10.6 Å². The van der Waals surface area contributed by atoms with Crippen molar-refractivity contribution in [3.63, 3.8) is 0 Å². The van der Waals surface area contributed by atoms with Crippen LogP contribution in [0.2, 0.25) is 0 Å². The van der Waals surface area contributed by atoms with Gasteiger partial charge >= 0.3 is 0 Å². The first kappa shape index (κ1) is 12.5. The van der Waals surface area contributed by atoms with Gasteiger partial charge in [0.1, 0.15) is 5.82 Å². The fourth-order valence-corrected chi connectivity index (χ4v) is 2.48. The van der Waals surface area contributed by atoms with Crippen LogP contribution in [-0.2, 0) is 13.1 Å². The van der Waals surface area contributed by atoms with Crippen molar-refractivity contribution < 1.29 is 9.60 Å². The van der Waals surface area contributed by atoms with Gasteiger partial charge in [-0.2, -0.15) is 0 Å². The molecule has 102 valence electrons. The molecule has 0 aliphatic carbocycles. The van der Waals surface area contributed by atoms with Crippen molar-refractivity contribution >= 4 is 11.5 Å². The van der Waals surface area contributed by atoms with E-state index in [0.717, 1.165) is 0 Å². The third-order valence-corrected chi connectivity index (χ3v) is 3.53. The fraction of sp³-hybridized carbons (Fsp3) is 0.133. The first-order valence-electron chi connectivity index (χ1n) is 6.28. The smallest absolute Gasteiger partial charge is 0.170 e. The number of nitrogens with two attached hydrogens (primary N) is 1. The lowest BCUT2D eigenvalue weighted by molar-refractivity contribution is 0.318. The highest BCUT2D eigenvalue weighted by Crippen LogP contribution is 2.30. The minimum atomic E-state index is -0.373. The van der Waals surface area contributed by atoms with E-state index in [9.17, 15) is 4.39 Å². The predicted molar refractivity (Wildman–Crippen MR) is 75.2 cm³/mol. The van der Waals surface area contributed by atoms with Crippen LogP contribution in [0.5, 0.6) is 0 Å². The number of nitrogens with zero attached hydrogens (tertiary/aromatic N) is 2. The average Bonchev–Trinajstić information content (AvgIpc) is 2.89. The fourth-order valence-electron chi connectivity index (χ4n) is 2.48. The first-order chi connectivity index (χ1) is 9.69. The van der Waals surface area contributed by atoms with Gasteiger partial charge in [-0.15, -0.1) is 0 Å². The number of hydrogen-bond donors (Lipinski definition) is 2. The Kier molecular flexibility index (Phi) is 3.02. The monoisotopic (exact) mass is 271 g/mol. The van der Waals surface area contributed by atoms with E-state index in [2.05, 4.69) is 17.3 Å². The van der Waals surface area contributed by atoms with E-state index in [4.69, 9.17) is 10.9 Å². The Morgan fingerprint density at radius 1 is 1.15 bits per heavy atom. The summed E-state index contributed by atoms with van der Waals surface area (Å²) in [5, 5.41) is 11.5. The molecule has 0 spiro atoms. The zero-order valence-corrected chi connectivity index (χ0v) is 10.8. The summed E-state index contributed by atoms with van der Waals surface area (Å²) in [7, 11) is 0. The van der Waals surface area contributed by atoms with Gasteiger partial charge in [-0.3, -0.25) is 0 Å². The van der Waals surface area contributed by atoms with E-state index < -0.39 is 0 Å². The van der Waals surface area contributed by atoms with Gasteiger partial charge in [-0.05, 0) is 29.3 Å². The minimum absolute atomic E-state index is 0.0971. The Hall–Kier alpha value is -2.56. The summed E-state index contributed by atoms with van der Waals surface area (Å²) in [5.41, 5.74) is 8.78.